The number of rotatable bonds is 5. The van der Waals surface area contributed by atoms with Gasteiger partial charge in [0.15, 0.2) is 0 Å². The van der Waals surface area contributed by atoms with Gasteiger partial charge in [0, 0.05) is 12.1 Å². The van der Waals surface area contributed by atoms with Crippen LogP contribution in [0.5, 0.6) is 0 Å². The third kappa shape index (κ3) is 2.43. The molecule has 0 aliphatic heterocycles. The number of nitrogens with zero attached hydrogens (tertiary/aromatic N) is 1. The average Bonchev–Trinajstić information content (AvgIpc) is 2.36. The van der Waals surface area contributed by atoms with Gasteiger partial charge in [0.1, 0.15) is 0 Å². The van der Waals surface area contributed by atoms with Crippen LogP contribution >= 0.6 is 0 Å². The Kier molecular flexibility index (Phi) is 3.70. The van der Waals surface area contributed by atoms with Gasteiger partial charge in [-0.3, -0.25) is 4.90 Å². The van der Waals surface area contributed by atoms with Gasteiger partial charge in [-0.1, -0.05) is 6.92 Å². The Morgan fingerprint density at radius 1 is 1.10 bits per heavy atom. The van der Waals surface area contributed by atoms with E-state index in [0.717, 1.165) is 30.7 Å². The highest BCUT2D eigenvalue weighted by Crippen LogP contribution is 2.61. The molecule has 116 valence electrons. The molecule has 0 spiro atoms. The van der Waals surface area contributed by atoms with E-state index < -0.39 is 0 Å². The molecule has 0 saturated heterocycles. The van der Waals surface area contributed by atoms with Crippen LogP contribution in [0.3, 0.4) is 0 Å². The van der Waals surface area contributed by atoms with Gasteiger partial charge in [0.05, 0.1) is 6.10 Å². The van der Waals surface area contributed by atoms with Crippen LogP contribution in [0.1, 0.15) is 65.7 Å². The summed E-state index contributed by atoms with van der Waals surface area (Å²) in [5.41, 5.74) is 0.468. The summed E-state index contributed by atoms with van der Waals surface area (Å²) in [5, 5.41) is 11.0. The summed E-state index contributed by atoms with van der Waals surface area (Å²) in [6, 6.07) is 0. The summed E-state index contributed by atoms with van der Waals surface area (Å²) in [7, 11) is 2.19. The summed E-state index contributed by atoms with van der Waals surface area (Å²) in [6.07, 6.45) is 9.32. The largest absolute Gasteiger partial charge is 0.391 e. The molecular formula is C18H33NO. The topological polar surface area (TPSA) is 23.5 Å². The van der Waals surface area contributed by atoms with E-state index in [9.17, 15) is 5.11 Å². The molecule has 0 amide bonds. The fraction of sp³-hybridized carbons (Fsp3) is 1.00. The highest BCUT2D eigenvalue weighted by molar-refractivity contribution is 5.05. The van der Waals surface area contributed by atoms with Crippen molar-refractivity contribution < 1.29 is 5.11 Å². The smallest absolute Gasteiger partial charge is 0.0723 e. The van der Waals surface area contributed by atoms with Crippen LogP contribution in [0.15, 0.2) is 0 Å². The lowest BCUT2D eigenvalue weighted by Crippen LogP contribution is -2.56. The van der Waals surface area contributed by atoms with Crippen molar-refractivity contribution in [1.29, 1.82) is 0 Å². The second-order valence-electron chi connectivity index (χ2n) is 8.84. The van der Waals surface area contributed by atoms with Crippen molar-refractivity contribution in [3.63, 3.8) is 0 Å². The molecule has 0 aromatic heterocycles. The van der Waals surface area contributed by atoms with E-state index >= 15 is 0 Å². The number of β-amino-alcohol motifs (C(OH)–C–C–N with tert-alkyl or cyclic N) is 1. The average molecular weight is 279 g/mol. The summed E-state index contributed by atoms with van der Waals surface area (Å²) >= 11 is 0. The first-order valence-electron chi connectivity index (χ1n) is 8.74. The van der Waals surface area contributed by atoms with Gasteiger partial charge in [-0.2, -0.15) is 0 Å². The van der Waals surface area contributed by atoms with Gasteiger partial charge in [-0.05, 0) is 89.0 Å². The number of hydrogen-bond donors (Lipinski definition) is 1. The van der Waals surface area contributed by atoms with Gasteiger partial charge in [0.2, 0.25) is 0 Å². The van der Waals surface area contributed by atoms with Crippen molar-refractivity contribution in [3.05, 3.63) is 0 Å². The van der Waals surface area contributed by atoms with Crippen LogP contribution in [0.25, 0.3) is 0 Å². The fourth-order valence-electron chi connectivity index (χ4n) is 5.56. The number of aliphatic hydroxyl groups is 1. The molecule has 0 radical (unpaired) electrons. The van der Waals surface area contributed by atoms with Crippen molar-refractivity contribution >= 4 is 0 Å². The zero-order valence-corrected chi connectivity index (χ0v) is 13.9. The first kappa shape index (κ1) is 14.8. The Labute approximate surface area is 124 Å². The van der Waals surface area contributed by atoms with E-state index in [2.05, 4.69) is 32.7 Å². The minimum Gasteiger partial charge on any atom is -0.391 e. The van der Waals surface area contributed by atoms with E-state index in [0.29, 0.717) is 0 Å². The maximum absolute atomic E-state index is 11.0. The van der Waals surface area contributed by atoms with Crippen LogP contribution in [0, 0.1) is 23.2 Å². The summed E-state index contributed by atoms with van der Waals surface area (Å²) in [5.74, 6) is 2.79. The minimum absolute atomic E-state index is 0.119. The molecule has 2 nitrogen and oxygen atoms in total. The highest BCUT2D eigenvalue weighted by atomic mass is 16.3. The molecule has 2 heteroatoms. The zero-order valence-electron chi connectivity index (χ0n) is 13.9. The maximum Gasteiger partial charge on any atom is 0.0723 e. The molecule has 4 rings (SSSR count). The molecule has 0 aromatic carbocycles. The Morgan fingerprint density at radius 3 is 1.95 bits per heavy atom. The van der Waals surface area contributed by atoms with Crippen molar-refractivity contribution in [2.75, 3.05) is 13.6 Å². The first-order chi connectivity index (χ1) is 9.34. The van der Waals surface area contributed by atoms with Crippen LogP contribution in [-0.4, -0.2) is 35.2 Å². The normalized spacial score (nSPS) is 41.4. The molecule has 1 N–H and O–H groups in total. The first-order valence-corrected chi connectivity index (χ1v) is 8.74. The van der Waals surface area contributed by atoms with E-state index in [1.54, 1.807) is 0 Å². The van der Waals surface area contributed by atoms with Crippen LogP contribution in [-0.2, 0) is 0 Å². The molecule has 1 unspecified atom stereocenters. The molecule has 4 fully saturated rings. The highest BCUT2D eigenvalue weighted by Gasteiger charge is 2.54. The summed E-state index contributed by atoms with van der Waals surface area (Å²) in [6.45, 7) is 7.68. The minimum atomic E-state index is -0.119. The molecule has 20 heavy (non-hydrogen) atoms. The second-order valence-corrected chi connectivity index (χ2v) is 8.84. The summed E-state index contributed by atoms with van der Waals surface area (Å²) < 4.78 is 0. The lowest BCUT2D eigenvalue weighted by atomic mass is 9.48. The Hall–Kier alpha value is -0.0800. The number of aliphatic hydroxyl groups excluding tert-OH is 1. The third-order valence-corrected chi connectivity index (χ3v) is 7.14. The maximum atomic E-state index is 11.0. The molecule has 0 heterocycles. The van der Waals surface area contributed by atoms with Gasteiger partial charge < -0.3 is 5.11 Å². The molecule has 0 aromatic rings. The van der Waals surface area contributed by atoms with E-state index in [1.807, 2.05) is 0 Å². The van der Waals surface area contributed by atoms with Gasteiger partial charge in [-0.15, -0.1) is 0 Å². The predicted molar refractivity (Wildman–Crippen MR) is 83.6 cm³/mol. The molecule has 4 bridgehead atoms. The Morgan fingerprint density at radius 2 is 1.55 bits per heavy atom. The second kappa shape index (κ2) is 4.98. The standard InChI is InChI=1S/C18H33NO/c1-5-17(2,3)19(4)12-16(20)18-9-13-6-14(10-18)8-15(7-13)11-18/h13-16,20H,5-12H2,1-4H3. The van der Waals surface area contributed by atoms with E-state index in [4.69, 9.17) is 0 Å². The van der Waals surface area contributed by atoms with Crippen molar-refractivity contribution in [1.82, 2.24) is 4.90 Å². The quantitative estimate of drug-likeness (QED) is 0.830. The SMILES string of the molecule is CCC(C)(C)N(C)CC(O)C12CC3CC(CC(C3)C1)C2. The molecule has 1 atom stereocenters. The van der Waals surface area contributed by atoms with Crippen molar-refractivity contribution in [2.45, 2.75) is 77.4 Å². The Balaban J connectivity index is 1.69. The lowest BCUT2D eigenvalue weighted by molar-refractivity contribution is -0.130. The molecule has 4 saturated carbocycles. The lowest BCUT2D eigenvalue weighted by Gasteiger charge is -2.59. The number of hydrogen-bond acceptors (Lipinski definition) is 2. The van der Waals surface area contributed by atoms with E-state index in [-0.39, 0.29) is 17.1 Å². The van der Waals surface area contributed by atoms with Crippen LogP contribution in [0.4, 0.5) is 0 Å². The van der Waals surface area contributed by atoms with Crippen molar-refractivity contribution in [3.8, 4) is 0 Å². The van der Waals surface area contributed by atoms with Gasteiger partial charge in [-0.25, -0.2) is 0 Å². The molecule has 4 aliphatic carbocycles. The third-order valence-electron chi connectivity index (χ3n) is 7.14. The van der Waals surface area contributed by atoms with Gasteiger partial charge >= 0.3 is 0 Å². The Bertz CT molecular complexity index is 327. The molecular weight excluding hydrogens is 246 g/mol. The van der Waals surface area contributed by atoms with E-state index in [1.165, 1.54) is 38.5 Å². The fourth-order valence-corrected chi connectivity index (χ4v) is 5.56. The van der Waals surface area contributed by atoms with Crippen molar-refractivity contribution in [2.24, 2.45) is 23.2 Å². The summed E-state index contributed by atoms with van der Waals surface area (Å²) in [4.78, 5) is 2.39. The predicted octanol–water partition coefficient (Wildman–Crippen LogP) is 3.68. The number of likely N-dealkylation sites (N-methyl/N-ethyl adjacent to an activating group) is 1. The van der Waals surface area contributed by atoms with Gasteiger partial charge in [0.25, 0.3) is 0 Å². The zero-order chi connectivity index (χ0) is 14.5. The molecule has 4 aliphatic rings. The monoisotopic (exact) mass is 279 g/mol. The van der Waals surface area contributed by atoms with Crippen LogP contribution < -0.4 is 0 Å². The van der Waals surface area contributed by atoms with Crippen LogP contribution in [0.2, 0.25) is 0 Å².